The molecule has 0 bridgehead atoms. The average Bonchev–Trinajstić information content (AvgIpc) is 2.68. The topological polar surface area (TPSA) is 89.0 Å². The molecular formula is C22H23ClFN5O2. The molecule has 1 amide bonds. The van der Waals surface area contributed by atoms with Crippen LogP contribution in [0.5, 0.6) is 0 Å². The van der Waals surface area contributed by atoms with E-state index in [1.165, 1.54) is 0 Å². The molecular weight excluding hydrogens is 421 g/mol. The molecule has 0 radical (unpaired) electrons. The maximum atomic E-state index is 13.9. The standard InChI is InChI=1S/C22H23ClFN5O2/c1-22(2,3)31-21(30)28-18-12-15(9-10-25-18)8-7-14-5-4-6-16(11-14)27-19-17(24)13-26-20(23)29-19/h4-6,9-13H,7-8H2,1-3H3,(H,25,28,30)(H,26,27,29). The van der Waals surface area contributed by atoms with Gasteiger partial charge in [-0.3, -0.25) is 5.32 Å². The summed E-state index contributed by atoms with van der Waals surface area (Å²) in [4.78, 5) is 23.6. The SMILES string of the molecule is CC(C)(C)OC(=O)Nc1cc(CCc2cccc(Nc3nc(Cl)ncc3F)c2)ccn1. The van der Waals surface area contributed by atoms with Crippen LogP contribution in [0.25, 0.3) is 0 Å². The van der Waals surface area contributed by atoms with Gasteiger partial charge < -0.3 is 10.1 Å². The molecule has 0 unspecified atom stereocenters. The van der Waals surface area contributed by atoms with Gasteiger partial charge in [-0.2, -0.15) is 4.98 Å². The second kappa shape index (κ2) is 9.70. The second-order valence-corrected chi connectivity index (χ2v) is 8.18. The van der Waals surface area contributed by atoms with Crippen LogP contribution in [0.4, 0.5) is 26.5 Å². The van der Waals surface area contributed by atoms with Crippen LogP contribution < -0.4 is 10.6 Å². The zero-order valence-corrected chi connectivity index (χ0v) is 18.2. The number of carbonyl (C=O) groups is 1. The van der Waals surface area contributed by atoms with Crippen LogP contribution in [0.1, 0.15) is 31.9 Å². The minimum atomic E-state index is -0.586. The van der Waals surface area contributed by atoms with Gasteiger partial charge >= 0.3 is 6.09 Å². The molecule has 0 saturated carbocycles. The van der Waals surface area contributed by atoms with Gasteiger partial charge in [0.2, 0.25) is 5.28 Å². The smallest absolute Gasteiger partial charge is 0.413 e. The number of carbonyl (C=O) groups excluding carboxylic acids is 1. The number of aryl methyl sites for hydroxylation is 2. The number of pyridine rings is 1. The van der Waals surface area contributed by atoms with Gasteiger partial charge in [-0.25, -0.2) is 19.2 Å². The highest BCUT2D eigenvalue weighted by Gasteiger charge is 2.16. The summed E-state index contributed by atoms with van der Waals surface area (Å²) in [5.41, 5.74) is 2.16. The molecule has 2 heterocycles. The molecule has 0 fully saturated rings. The highest BCUT2D eigenvalue weighted by atomic mass is 35.5. The fourth-order valence-corrected chi connectivity index (χ4v) is 2.90. The van der Waals surface area contributed by atoms with E-state index < -0.39 is 17.5 Å². The first-order valence-corrected chi connectivity index (χ1v) is 10.0. The molecule has 0 aliphatic carbocycles. The van der Waals surface area contributed by atoms with Gasteiger partial charge in [0.15, 0.2) is 11.6 Å². The van der Waals surface area contributed by atoms with Crippen LogP contribution in [0, 0.1) is 5.82 Å². The number of halogens is 2. The van der Waals surface area contributed by atoms with E-state index in [9.17, 15) is 9.18 Å². The van der Waals surface area contributed by atoms with Gasteiger partial charge in [0.25, 0.3) is 0 Å². The Morgan fingerprint density at radius 3 is 2.61 bits per heavy atom. The number of rotatable bonds is 6. The quantitative estimate of drug-likeness (QED) is 0.486. The van der Waals surface area contributed by atoms with Gasteiger partial charge in [-0.15, -0.1) is 0 Å². The fraction of sp³-hybridized carbons (Fsp3) is 0.273. The Kier molecular flexibility index (Phi) is 7.02. The molecule has 0 aliphatic rings. The molecule has 31 heavy (non-hydrogen) atoms. The van der Waals surface area contributed by atoms with Crippen LogP contribution in [-0.2, 0) is 17.6 Å². The number of hydrogen-bond acceptors (Lipinski definition) is 6. The molecule has 0 spiro atoms. The van der Waals surface area contributed by atoms with E-state index in [4.69, 9.17) is 16.3 Å². The van der Waals surface area contributed by atoms with Gasteiger partial charge in [0.1, 0.15) is 11.4 Å². The van der Waals surface area contributed by atoms with Crippen molar-refractivity contribution in [2.24, 2.45) is 0 Å². The first-order valence-electron chi connectivity index (χ1n) is 9.67. The number of benzene rings is 1. The molecule has 2 N–H and O–H groups in total. The number of amides is 1. The van der Waals surface area contributed by atoms with E-state index in [2.05, 4.69) is 25.6 Å². The number of anilines is 3. The summed E-state index contributed by atoms with van der Waals surface area (Å²) < 4.78 is 19.1. The minimum absolute atomic E-state index is 0.0177. The van der Waals surface area contributed by atoms with Crippen molar-refractivity contribution in [1.29, 1.82) is 0 Å². The molecule has 0 aliphatic heterocycles. The average molecular weight is 444 g/mol. The first kappa shape index (κ1) is 22.4. The Balaban J connectivity index is 1.62. The summed E-state index contributed by atoms with van der Waals surface area (Å²) in [6.07, 6.45) is 3.57. The van der Waals surface area contributed by atoms with Crippen LogP contribution >= 0.6 is 11.6 Å². The molecule has 3 aromatic rings. The Hall–Kier alpha value is -3.26. The van der Waals surface area contributed by atoms with Crippen LogP contribution in [0.15, 0.2) is 48.8 Å². The number of aromatic nitrogens is 3. The highest BCUT2D eigenvalue weighted by Crippen LogP contribution is 2.21. The predicted octanol–water partition coefficient (Wildman–Crippen LogP) is 5.54. The molecule has 9 heteroatoms. The monoisotopic (exact) mass is 443 g/mol. The Bertz CT molecular complexity index is 1070. The van der Waals surface area contributed by atoms with Crippen molar-refractivity contribution < 1.29 is 13.9 Å². The summed E-state index contributed by atoms with van der Waals surface area (Å²) in [5, 5.41) is 5.53. The van der Waals surface area contributed by atoms with Crippen LogP contribution in [0.2, 0.25) is 5.28 Å². The van der Waals surface area contributed by atoms with E-state index in [1.807, 2.05) is 36.4 Å². The largest absolute Gasteiger partial charge is 0.444 e. The molecule has 0 atom stereocenters. The predicted molar refractivity (Wildman–Crippen MR) is 118 cm³/mol. The molecule has 3 rings (SSSR count). The Morgan fingerprint density at radius 2 is 1.87 bits per heavy atom. The van der Waals surface area contributed by atoms with Crippen LogP contribution in [0.3, 0.4) is 0 Å². The van der Waals surface area contributed by atoms with Crippen molar-refractivity contribution in [3.05, 3.63) is 71.0 Å². The van der Waals surface area contributed by atoms with E-state index in [1.54, 1.807) is 27.0 Å². The summed E-state index contributed by atoms with van der Waals surface area (Å²) in [6, 6.07) is 11.3. The van der Waals surface area contributed by atoms with E-state index in [-0.39, 0.29) is 11.1 Å². The molecule has 162 valence electrons. The lowest BCUT2D eigenvalue weighted by Gasteiger charge is -2.19. The normalized spacial score (nSPS) is 11.1. The van der Waals surface area contributed by atoms with Gasteiger partial charge in [-0.1, -0.05) is 12.1 Å². The number of ether oxygens (including phenoxy) is 1. The second-order valence-electron chi connectivity index (χ2n) is 7.84. The van der Waals surface area contributed by atoms with Crippen molar-refractivity contribution in [3.63, 3.8) is 0 Å². The minimum Gasteiger partial charge on any atom is -0.444 e. The van der Waals surface area contributed by atoms with Crippen molar-refractivity contribution in [2.45, 2.75) is 39.2 Å². The maximum Gasteiger partial charge on any atom is 0.413 e. The van der Waals surface area contributed by atoms with Gasteiger partial charge in [-0.05, 0) is 80.6 Å². The zero-order chi connectivity index (χ0) is 22.4. The Labute approximate surface area is 185 Å². The van der Waals surface area contributed by atoms with E-state index in [0.29, 0.717) is 11.5 Å². The molecule has 1 aromatic carbocycles. The Morgan fingerprint density at radius 1 is 1.13 bits per heavy atom. The lowest BCUT2D eigenvalue weighted by molar-refractivity contribution is 0.0635. The lowest BCUT2D eigenvalue weighted by Crippen LogP contribution is -2.27. The fourth-order valence-electron chi connectivity index (χ4n) is 2.77. The molecule has 2 aromatic heterocycles. The van der Waals surface area contributed by atoms with Gasteiger partial charge in [0, 0.05) is 11.9 Å². The van der Waals surface area contributed by atoms with E-state index >= 15 is 0 Å². The summed E-state index contributed by atoms with van der Waals surface area (Å²) in [7, 11) is 0. The van der Waals surface area contributed by atoms with Crippen molar-refractivity contribution in [1.82, 2.24) is 15.0 Å². The van der Waals surface area contributed by atoms with Crippen molar-refractivity contribution >= 4 is 35.0 Å². The zero-order valence-electron chi connectivity index (χ0n) is 17.4. The van der Waals surface area contributed by atoms with Crippen LogP contribution in [-0.4, -0.2) is 26.6 Å². The number of hydrogen-bond donors (Lipinski definition) is 2. The first-order chi connectivity index (χ1) is 14.7. The van der Waals surface area contributed by atoms with Crippen molar-refractivity contribution in [3.8, 4) is 0 Å². The lowest BCUT2D eigenvalue weighted by atomic mass is 10.0. The van der Waals surface area contributed by atoms with Crippen molar-refractivity contribution in [2.75, 3.05) is 10.6 Å². The maximum absolute atomic E-state index is 13.9. The molecule has 0 saturated heterocycles. The summed E-state index contributed by atoms with van der Waals surface area (Å²) in [5.74, 6) is -0.140. The third-order valence-corrected chi connectivity index (χ3v) is 4.24. The molecule has 7 nitrogen and oxygen atoms in total. The third kappa shape index (κ3) is 7.18. The summed E-state index contributed by atoms with van der Waals surface area (Å²) >= 11 is 5.74. The van der Waals surface area contributed by atoms with Gasteiger partial charge in [0.05, 0.1) is 6.20 Å². The summed E-state index contributed by atoms with van der Waals surface area (Å²) in [6.45, 7) is 5.40. The van der Waals surface area contributed by atoms with E-state index in [0.717, 1.165) is 30.2 Å². The third-order valence-electron chi connectivity index (χ3n) is 4.06. The number of nitrogens with zero attached hydrogens (tertiary/aromatic N) is 3. The number of nitrogens with one attached hydrogen (secondary N) is 2. The highest BCUT2D eigenvalue weighted by molar-refractivity contribution is 6.28.